The second kappa shape index (κ2) is 4.71. The highest BCUT2D eigenvalue weighted by molar-refractivity contribution is 6.04. The van der Waals surface area contributed by atoms with Gasteiger partial charge in [-0.05, 0) is 30.3 Å². The molecule has 1 aromatic heterocycles. The van der Waals surface area contributed by atoms with Crippen molar-refractivity contribution < 1.29 is 22.6 Å². The van der Waals surface area contributed by atoms with E-state index in [0.717, 1.165) is 18.2 Å². The van der Waals surface area contributed by atoms with Crippen LogP contribution in [0.25, 0.3) is 0 Å². The maximum absolute atomic E-state index is 12.5. The third-order valence-electron chi connectivity index (χ3n) is 2.34. The zero-order valence-corrected chi connectivity index (χ0v) is 9.65. The maximum atomic E-state index is 12.5. The number of nitrogens with one attached hydrogen (secondary N) is 1. The lowest BCUT2D eigenvalue weighted by Crippen LogP contribution is -2.14. The van der Waals surface area contributed by atoms with Crippen LogP contribution in [-0.2, 0) is 6.18 Å². The van der Waals surface area contributed by atoms with Crippen LogP contribution in [0.5, 0.6) is 0 Å². The molecular formula is C11H8F3N3O2. The number of aromatic nitrogens is 2. The molecule has 0 aliphatic carbocycles. The summed E-state index contributed by atoms with van der Waals surface area (Å²) in [6, 6.07) is 4.08. The van der Waals surface area contributed by atoms with Crippen LogP contribution in [0.2, 0.25) is 0 Å². The molecule has 0 bridgehead atoms. The van der Waals surface area contributed by atoms with E-state index < -0.39 is 17.6 Å². The summed E-state index contributed by atoms with van der Waals surface area (Å²) in [6.07, 6.45) is -4.50. The van der Waals surface area contributed by atoms with Crippen molar-refractivity contribution in [1.82, 2.24) is 10.3 Å². The van der Waals surface area contributed by atoms with Gasteiger partial charge in [-0.3, -0.25) is 4.79 Å². The topological polar surface area (TPSA) is 68.0 Å². The van der Waals surface area contributed by atoms with E-state index in [0.29, 0.717) is 5.69 Å². The molecule has 0 aliphatic rings. The highest BCUT2D eigenvalue weighted by Crippen LogP contribution is 2.29. The molecule has 100 valence electrons. The Balaban J connectivity index is 2.23. The second-order valence-corrected chi connectivity index (χ2v) is 3.73. The zero-order valence-electron chi connectivity index (χ0n) is 9.65. The Morgan fingerprint density at radius 3 is 2.63 bits per heavy atom. The van der Waals surface area contributed by atoms with Gasteiger partial charge >= 0.3 is 6.18 Å². The molecule has 0 unspecified atom stereocenters. The van der Waals surface area contributed by atoms with Gasteiger partial charge < -0.3 is 5.32 Å². The number of hydrogen-bond acceptors (Lipinski definition) is 4. The smallest absolute Gasteiger partial charge is 0.302 e. The number of hydrogen-bond donors (Lipinski definition) is 1. The number of benzene rings is 1. The Labute approximate surface area is 105 Å². The van der Waals surface area contributed by atoms with Crippen LogP contribution in [0.4, 0.5) is 19.0 Å². The van der Waals surface area contributed by atoms with Gasteiger partial charge in [0.2, 0.25) is 5.82 Å². The Bertz CT molecular complexity index is 607. The van der Waals surface area contributed by atoms with Crippen molar-refractivity contribution in [1.29, 1.82) is 0 Å². The molecule has 19 heavy (non-hydrogen) atoms. The van der Waals surface area contributed by atoms with E-state index >= 15 is 0 Å². The summed E-state index contributed by atoms with van der Waals surface area (Å²) in [7, 11) is 0. The summed E-state index contributed by atoms with van der Waals surface area (Å²) in [5.41, 5.74) is -0.687. The first-order valence-corrected chi connectivity index (χ1v) is 5.15. The number of nitrogens with zero attached hydrogens (tertiary/aromatic N) is 2. The number of amides is 1. The van der Waals surface area contributed by atoms with Crippen molar-refractivity contribution in [3.8, 4) is 0 Å². The first-order chi connectivity index (χ1) is 8.88. The molecule has 1 heterocycles. The van der Waals surface area contributed by atoms with Crippen LogP contribution in [0, 0.1) is 6.92 Å². The molecule has 0 saturated heterocycles. The highest BCUT2D eigenvalue weighted by Gasteiger charge is 2.30. The number of carbonyl (C=O) groups excluding carboxylic acids is 1. The molecule has 8 heteroatoms. The van der Waals surface area contributed by atoms with Crippen LogP contribution >= 0.6 is 0 Å². The average molecular weight is 271 g/mol. The van der Waals surface area contributed by atoms with Crippen molar-refractivity contribution in [3.05, 3.63) is 41.1 Å². The molecule has 0 aliphatic heterocycles. The van der Waals surface area contributed by atoms with Gasteiger partial charge in [0, 0.05) is 5.56 Å². The van der Waals surface area contributed by atoms with E-state index in [4.69, 9.17) is 0 Å². The Hall–Kier alpha value is -2.38. The molecule has 2 aromatic rings. The molecule has 0 radical (unpaired) electrons. The van der Waals surface area contributed by atoms with E-state index in [9.17, 15) is 18.0 Å². The SMILES string of the molecule is Cc1nonc1NC(=O)c1cccc(C(F)(F)F)c1. The third-order valence-corrected chi connectivity index (χ3v) is 2.34. The molecule has 2 rings (SSSR count). The molecule has 5 nitrogen and oxygen atoms in total. The number of alkyl halides is 3. The minimum absolute atomic E-state index is 0.0717. The Morgan fingerprint density at radius 1 is 1.32 bits per heavy atom. The van der Waals surface area contributed by atoms with E-state index in [1.54, 1.807) is 0 Å². The van der Waals surface area contributed by atoms with Gasteiger partial charge in [-0.1, -0.05) is 11.2 Å². The number of halogens is 3. The lowest BCUT2D eigenvalue weighted by molar-refractivity contribution is -0.137. The minimum atomic E-state index is -4.50. The van der Waals surface area contributed by atoms with Crippen LogP contribution in [0.15, 0.2) is 28.9 Å². The first-order valence-electron chi connectivity index (χ1n) is 5.15. The molecule has 0 saturated carbocycles. The second-order valence-electron chi connectivity index (χ2n) is 3.73. The van der Waals surface area contributed by atoms with E-state index in [2.05, 4.69) is 20.3 Å². The molecule has 1 N–H and O–H groups in total. The minimum Gasteiger partial charge on any atom is -0.302 e. The fourth-order valence-corrected chi connectivity index (χ4v) is 1.36. The fraction of sp³-hybridized carbons (Fsp3) is 0.182. The summed E-state index contributed by atoms with van der Waals surface area (Å²) >= 11 is 0. The molecule has 0 spiro atoms. The standard InChI is InChI=1S/C11H8F3N3O2/c1-6-9(17-19-16-6)15-10(18)7-3-2-4-8(5-7)11(12,13)14/h2-5H,1H3,(H,15,17,18). The Morgan fingerprint density at radius 2 is 2.05 bits per heavy atom. The van der Waals surface area contributed by atoms with Crippen LogP contribution in [0.1, 0.15) is 21.6 Å². The number of carbonyl (C=O) groups is 1. The first kappa shape index (κ1) is 13.1. The predicted molar refractivity (Wildman–Crippen MR) is 58.4 cm³/mol. The number of anilines is 1. The van der Waals surface area contributed by atoms with Gasteiger partial charge in [-0.25, -0.2) is 4.63 Å². The van der Waals surface area contributed by atoms with Crippen molar-refractivity contribution in [2.75, 3.05) is 5.32 Å². The van der Waals surface area contributed by atoms with Crippen molar-refractivity contribution in [3.63, 3.8) is 0 Å². The molecule has 1 aromatic carbocycles. The van der Waals surface area contributed by atoms with Crippen LogP contribution in [0.3, 0.4) is 0 Å². The number of aryl methyl sites for hydroxylation is 1. The summed E-state index contributed by atoms with van der Waals surface area (Å²) in [6.45, 7) is 1.54. The van der Waals surface area contributed by atoms with Crippen molar-refractivity contribution in [2.24, 2.45) is 0 Å². The quantitative estimate of drug-likeness (QED) is 0.911. The molecular weight excluding hydrogens is 263 g/mol. The van der Waals surface area contributed by atoms with Crippen molar-refractivity contribution in [2.45, 2.75) is 13.1 Å². The van der Waals surface area contributed by atoms with Crippen molar-refractivity contribution >= 4 is 11.7 Å². The lowest BCUT2D eigenvalue weighted by atomic mass is 10.1. The van der Waals surface area contributed by atoms with Gasteiger partial charge in [-0.15, -0.1) is 0 Å². The van der Waals surface area contributed by atoms with E-state index in [-0.39, 0.29) is 11.4 Å². The fourth-order valence-electron chi connectivity index (χ4n) is 1.36. The summed E-state index contributed by atoms with van der Waals surface area (Å²) in [5.74, 6) is -0.646. The van der Waals surface area contributed by atoms with Gasteiger partial charge in [0.05, 0.1) is 5.56 Å². The van der Waals surface area contributed by atoms with Gasteiger partial charge in [0.25, 0.3) is 5.91 Å². The van der Waals surface area contributed by atoms with Gasteiger partial charge in [0.15, 0.2) is 0 Å². The summed E-state index contributed by atoms with van der Waals surface area (Å²) in [5, 5.41) is 9.16. The third kappa shape index (κ3) is 2.90. The number of rotatable bonds is 2. The van der Waals surface area contributed by atoms with Gasteiger partial charge in [0.1, 0.15) is 5.69 Å². The highest BCUT2D eigenvalue weighted by atomic mass is 19.4. The summed E-state index contributed by atoms with van der Waals surface area (Å²) in [4.78, 5) is 11.8. The summed E-state index contributed by atoms with van der Waals surface area (Å²) < 4.78 is 41.9. The molecule has 1 amide bonds. The molecule has 0 fully saturated rings. The predicted octanol–water partition coefficient (Wildman–Crippen LogP) is 2.65. The monoisotopic (exact) mass is 271 g/mol. The van der Waals surface area contributed by atoms with Crippen LogP contribution in [-0.4, -0.2) is 16.2 Å². The van der Waals surface area contributed by atoms with E-state index in [1.165, 1.54) is 13.0 Å². The Kier molecular flexibility index (Phi) is 3.24. The normalized spacial score (nSPS) is 11.4. The van der Waals surface area contributed by atoms with Crippen LogP contribution < -0.4 is 5.32 Å². The average Bonchev–Trinajstić information content (AvgIpc) is 2.74. The lowest BCUT2D eigenvalue weighted by Gasteiger charge is -2.08. The maximum Gasteiger partial charge on any atom is 0.416 e. The largest absolute Gasteiger partial charge is 0.416 e. The van der Waals surface area contributed by atoms with E-state index in [1.807, 2.05) is 0 Å². The molecule has 0 atom stereocenters. The zero-order chi connectivity index (χ0) is 14.0. The van der Waals surface area contributed by atoms with Gasteiger partial charge in [-0.2, -0.15) is 13.2 Å².